The summed E-state index contributed by atoms with van der Waals surface area (Å²) >= 11 is 3.87. The summed E-state index contributed by atoms with van der Waals surface area (Å²) in [5.41, 5.74) is 0. The Morgan fingerprint density at radius 2 is 2.20 bits per heavy atom. The van der Waals surface area contributed by atoms with E-state index in [2.05, 4.69) is 17.4 Å². The number of carbonyl (C=O) groups is 1. The smallest absolute Gasteiger partial charge is 0.306 e. The summed E-state index contributed by atoms with van der Waals surface area (Å²) in [5.74, 6) is 0.318. The van der Waals surface area contributed by atoms with E-state index >= 15 is 0 Å². The first-order chi connectivity index (χ1) is 4.81. The number of rotatable bonds is 5. The van der Waals surface area contributed by atoms with E-state index in [-0.39, 0.29) is 5.97 Å². The fraction of sp³-hybridized carbons (Fsp3) is 0.833. The van der Waals surface area contributed by atoms with E-state index in [4.69, 9.17) is 4.74 Å². The van der Waals surface area contributed by atoms with Crippen molar-refractivity contribution in [2.75, 3.05) is 26.1 Å². The highest BCUT2D eigenvalue weighted by Gasteiger charge is 1.98. The van der Waals surface area contributed by atoms with Crippen molar-refractivity contribution in [3.8, 4) is 0 Å². The van der Waals surface area contributed by atoms with Crippen LogP contribution in [-0.2, 0) is 14.3 Å². The van der Waals surface area contributed by atoms with Gasteiger partial charge < -0.3 is 9.47 Å². The second-order valence-corrected chi connectivity index (χ2v) is 2.13. The topological polar surface area (TPSA) is 35.5 Å². The molecule has 0 saturated heterocycles. The molecule has 0 aromatic heterocycles. The molecular formula is C6H12O3S. The van der Waals surface area contributed by atoms with Gasteiger partial charge in [0.05, 0.1) is 13.0 Å². The molecule has 0 aromatic rings. The Hall–Kier alpha value is -0.220. The summed E-state index contributed by atoms with van der Waals surface area (Å²) in [6.07, 6.45) is 0.368. The number of thiol groups is 1. The highest BCUT2D eigenvalue weighted by Crippen LogP contribution is 1.88. The zero-order valence-corrected chi connectivity index (χ0v) is 6.89. The highest BCUT2D eigenvalue weighted by molar-refractivity contribution is 7.80. The molecule has 0 rings (SSSR count). The van der Waals surface area contributed by atoms with Crippen molar-refractivity contribution < 1.29 is 14.3 Å². The van der Waals surface area contributed by atoms with Gasteiger partial charge in [-0.1, -0.05) is 0 Å². The fourth-order valence-corrected chi connectivity index (χ4v) is 0.585. The summed E-state index contributed by atoms with van der Waals surface area (Å²) in [5, 5.41) is 0. The molecule has 0 saturated carbocycles. The number of ether oxygens (including phenoxy) is 2. The van der Waals surface area contributed by atoms with Gasteiger partial charge in [0.2, 0.25) is 0 Å². The molecule has 0 aliphatic rings. The Morgan fingerprint density at radius 3 is 2.70 bits per heavy atom. The van der Waals surface area contributed by atoms with Gasteiger partial charge in [0.25, 0.3) is 0 Å². The number of hydrogen-bond donors (Lipinski definition) is 1. The molecule has 60 valence electrons. The van der Waals surface area contributed by atoms with Gasteiger partial charge in [-0.25, -0.2) is 0 Å². The van der Waals surface area contributed by atoms with Gasteiger partial charge in [0, 0.05) is 12.9 Å². The summed E-state index contributed by atoms with van der Waals surface area (Å²) in [6, 6.07) is 0. The molecule has 0 bridgehead atoms. The number of hydrogen-bond acceptors (Lipinski definition) is 4. The first-order valence-corrected chi connectivity index (χ1v) is 3.70. The monoisotopic (exact) mass is 164 g/mol. The average Bonchev–Trinajstić information content (AvgIpc) is 1.89. The van der Waals surface area contributed by atoms with Gasteiger partial charge in [-0.3, -0.25) is 4.79 Å². The average molecular weight is 164 g/mol. The van der Waals surface area contributed by atoms with Crippen LogP contribution in [0.25, 0.3) is 0 Å². The maximum Gasteiger partial charge on any atom is 0.306 e. The molecule has 0 atom stereocenters. The summed E-state index contributed by atoms with van der Waals surface area (Å²) in [6.45, 7) is 0.793. The van der Waals surface area contributed by atoms with Gasteiger partial charge in [0.15, 0.2) is 0 Å². The molecule has 0 N–H and O–H groups in total. The van der Waals surface area contributed by atoms with Crippen molar-refractivity contribution in [3.63, 3.8) is 0 Å². The Balaban J connectivity index is 3.05. The van der Waals surface area contributed by atoms with Crippen LogP contribution in [-0.4, -0.2) is 32.0 Å². The molecule has 0 aliphatic heterocycles. The zero-order chi connectivity index (χ0) is 7.82. The minimum atomic E-state index is -0.216. The van der Waals surface area contributed by atoms with Crippen LogP contribution in [0.5, 0.6) is 0 Å². The van der Waals surface area contributed by atoms with E-state index in [0.29, 0.717) is 25.4 Å². The molecule has 3 nitrogen and oxygen atoms in total. The Labute approximate surface area is 66.1 Å². The van der Waals surface area contributed by atoms with E-state index in [0.717, 1.165) is 0 Å². The van der Waals surface area contributed by atoms with E-state index in [9.17, 15) is 4.79 Å². The first-order valence-electron chi connectivity index (χ1n) is 3.06. The predicted octanol–water partition coefficient (Wildman–Crippen LogP) is 0.496. The number of methoxy groups -OCH3 is 1. The third kappa shape index (κ3) is 5.91. The normalized spacial score (nSPS) is 9.40. The molecule has 0 aliphatic carbocycles. The number of esters is 1. The van der Waals surface area contributed by atoms with Crippen molar-refractivity contribution in [1.82, 2.24) is 0 Å². The lowest BCUT2D eigenvalue weighted by molar-refractivity contribution is -0.144. The SMILES string of the molecule is COCCOC(=O)CCS. The fourth-order valence-electron chi connectivity index (χ4n) is 0.402. The van der Waals surface area contributed by atoms with Gasteiger partial charge in [0.1, 0.15) is 6.61 Å². The molecule has 0 unspecified atom stereocenters. The Kier molecular flexibility index (Phi) is 6.74. The van der Waals surface area contributed by atoms with Gasteiger partial charge >= 0.3 is 5.97 Å². The standard InChI is InChI=1S/C6H12O3S/c1-8-3-4-9-6(7)2-5-10/h10H,2-5H2,1H3. The maximum absolute atomic E-state index is 10.6. The van der Waals surface area contributed by atoms with Crippen LogP contribution >= 0.6 is 12.6 Å². The molecule has 4 heteroatoms. The second kappa shape index (κ2) is 6.89. The first kappa shape index (κ1) is 9.78. The van der Waals surface area contributed by atoms with E-state index < -0.39 is 0 Å². The molecular weight excluding hydrogens is 152 g/mol. The third-order valence-electron chi connectivity index (χ3n) is 0.866. The van der Waals surface area contributed by atoms with Crippen LogP contribution in [0, 0.1) is 0 Å². The molecule has 10 heavy (non-hydrogen) atoms. The quantitative estimate of drug-likeness (QED) is 0.365. The Morgan fingerprint density at radius 1 is 1.50 bits per heavy atom. The van der Waals surface area contributed by atoms with Gasteiger partial charge in [-0.05, 0) is 0 Å². The zero-order valence-electron chi connectivity index (χ0n) is 6.00. The van der Waals surface area contributed by atoms with E-state index in [1.54, 1.807) is 7.11 Å². The predicted molar refractivity (Wildman–Crippen MR) is 41.3 cm³/mol. The van der Waals surface area contributed by atoms with Crippen LogP contribution < -0.4 is 0 Å². The lowest BCUT2D eigenvalue weighted by atomic mass is 10.5. The minimum Gasteiger partial charge on any atom is -0.463 e. The van der Waals surface area contributed by atoms with Crippen LogP contribution in [0.2, 0.25) is 0 Å². The van der Waals surface area contributed by atoms with Crippen LogP contribution in [0.3, 0.4) is 0 Å². The van der Waals surface area contributed by atoms with E-state index in [1.807, 2.05) is 0 Å². The lowest BCUT2D eigenvalue weighted by Crippen LogP contribution is -2.09. The van der Waals surface area contributed by atoms with Crippen molar-refractivity contribution >= 4 is 18.6 Å². The van der Waals surface area contributed by atoms with Crippen LogP contribution in [0.15, 0.2) is 0 Å². The molecule has 0 radical (unpaired) electrons. The molecule has 0 amide bonds. The van der Waals surface area contributed by atoms with Crippen LogP contribution in [0.4, 0.5) is 0 Å². The van der Waals surface area contributed by atoms with Gasteiger partial charge in [-0.15, -0.1) is 0 Å². The summed E-state index contributed by atoms with van der Waals surface area (Å²) in [7, 11) is 1.56. The molecule has 0 fully saturated rings. The summed E-state index contributed by atoms with van der Waals surface area (Å²) in [4.78, 5) is 10.6. The van der Waals surface area contributed by atoms with Crippen LogP contribution in [0.1, 0.15) is 6.42 Å². The molecule has 0 aromatic carbocycles. The largest absolute Gasteiger partial charge is 0.463 e. The molecule has 0 spiro atoms. The minimum absolute atomic E-state index is 0.216. The number of carbonyl (C=O) groups excluding carboxylic acids is 1. The van der Waals surface area contributed by atoms with Crippen molar-refractivity contribution in [1.29, 1.82) is 0 Å². The lowest BCUT2D eigenvalue weighted by Gasteiger charge is -2.01. The van der Waals surface area contributed by atoms with Crippen molar-refractivity contribution in [2.24, 2.45) is 0 Å². The van der Waals surface area contributed by atoms with Crippen molar-refractivity contribution in [2.45, 2.75) is 6.42 Å². The Bertz CT molecular complexity index is 95.0. The molecule has 0 heterocycles. The van der Waals surface area contributed by atoms with Gasteiger partial charge in [-0.2, -0.15) is 12.6 Å². The van der Waals surface area contributed by atoms with Crippen molar-refractivity contribution in [3.05, 3.63) is 0 Å². The second-order valence-electron chi connectivity index (χ2n) is 1.69. The highest BCUT2D eigenvalue weighted by atomic mass is 32.1. The summed E-state index contributed by atoms with van der Waals surface area (Å²) < 4.78 is 9.38. The van der Waals surface area contributed by atoms with E-state index in [1.165, 1.54) is 0 Å². The maximum atomic E-state index is 10.6. The third-order valence-corrected chi connectivity index (χ3v) is 1.09.